The van der Waals surface area contributed by atoms with Gasteiger partial charge in [0.25, 0.3) is 0 Å². The molecule has 0 fully saturated rings. The molecule has 0 atom stereocenters. The second-order valence-electron chi connectivity index (χ2n) is 6.46. The molecule has 2 aromatic carbocycles. The standard InChI is InChI=1S/C20H17ClF3N3O2/c1-11-3-2-4-15-17(11)12(10-26-15)7-8-25-18(28)19(29)27-16-9-13(20(22,23)24)5-6-14(16)21/h2-6,9-10,26H,7-8H2,1H3,(H,25,28)(H,27,29). The van der Waals surface area contributed by atoms with Crippen molar-refractivity contribution in [3.63, 3.8) is 0 Å². The van der Waals surface area contributed by atoms with Crippen LogP contribution >= 0.6 is 11.6 Å². The molecular weight excluding hydrogens is 407 g/mol. The fraction of sp³-hybridized carbons (Fsp3) is 0.200. The summed E-state index contributed by atoms with van der Waals surface area (Å²) in [6, 6.07) is 8.34. The van der Waals surface area contributed by atoms with Crippen LogP contribution in [0.15, 0.2) is 42.6 Å². The molecule has 3 aromatic rings. The topological polar surface area (TPSA) is 74.0 Å². The third kappa shape index (κ3) is 4.71. The van der Waals surface area contributed by atoms with Crippen LogP contribution < -0.4 is 10.6 Å². The first-order valence-electron chi connectivity index (χ1n) is 8.68. The van der Waals surface area contributed by atoms with Gasteiger partial charge in [0, 0.05) is 23.6 Å². The number of hydrogen-bond donors (Lipinski definition) is 3. The van der Waals surface area contributed by atoms with Crippen LogP contribution in [0.1, 0.15) is 16.7 Å². The molecule has 0 aliphatic heterocycles. The number of alkyl halides is 3. The van der Waals surface area contributed by atoms with Gasteiger partial charge in [0.2, 0.25) is 0 Å². The normalized spacial score (nSPS) is 11.5. The molecule has 0 saturated heterocycles. The first-order valence-corrected chi connectivity index (χ1v) is 9.06. The molecule has 0 radical (unpaired) electrons. The van der Waals surface area contributed by atoms with Gasteiger partial charge in [-0.25, -0.2) is 0 Å². The van der Waals surface area contributed by atoms with Crippen molar-refractivity contribution in [2.45, 2.75) is 19.5 Å². The van der Waals surface area contributed by atoms with E-state index in [1.54, 1.807) is 0 Å². The summed E-state index contributed by atoms with van der Waals surface area (Å²) in [4.78, 5) is 27.2. The summed E-state index contributed by atoms with van der Waals surface area (Å²) in [6.45, 7) is 2.16. The van der Waals surface area contributed by atoms with Crippen molar-refractivity contribution in [2.24, 2.45) is 0 Å². The number of benzene rings is 2. The van der Waals surface area contributed by atoms with E-state index in [4.69, 9.17) is 11.6 Å². The second kappa shape index (κ2) is 8.16. The van der Waals surface area contributed by atoms with Crippen molar-refractivity contribution in [2.75, 3.05) is 11.9 Å². The van der Waals surface area contributed by atoms with Crippen molar-refractivity contribution in [3.05, 3.63) is 64.3 Å². The number of amides is 2. The molecule has 0 aliphatic rings. The van der Waals surface area contributed by atoms with Gasteiger partial charge in [-0.3, -0.25) is 9.59 Å². The molecule has 1 heterocycles. The summed E-state index contributed by atoms with van der Waals surface area (Å²) >= 11 is 5.82. The number of halogens is 4. The molecule has 0 spiro atoms. The maximum Gasteiger partial charge on any atom is 0.416 e. The zero-order valence-corrected chi connectivity index (χ0v) is 16.0. The SMILES string of the molecule is Cc1cccc2[nH]cc(CCNC(=O)C(=O)Nc3cc(C(F)(F)F)ccc3Cl)c12. The molecule has 2 amide bonds. The van der Waals surface area contributed by atoms with E-state index in [1.807, 2.05) is 31.3 Å². The van der Waals surface area contributed by atoms with Crippen molar-refractivity contribution in [1.29, 1.82) is 0 Å². The summed E-state index contributed by atoms with van der Waals surface area (Å²) in [5, 5.41) is 5.53. The van der Waals surface area contributed by atoms with Gasteiger partial charge in [-0.1, -0.05) is 23.7 Å². The van der Waals surface area contributed by atoms with Crippen LogP contribution in [-0.4, -0.2) is 23.3 Å². The highest BCUT2D eigenvalue weighted by atomic mass is 35.5. The Hall–Kier alpha value is -3.00. The Morgan fingerprint density at radius 3 is 2.62 bits per heavy atom. The van der Waals surface area contributed by atoms with Crippen LogP contribution in [0.3, 0.4) is 0 Å². The molecule has 29 heavy (non-hydrogen) atoms. The van der Waals surface area contributed by atoms with Crippen LogP contribution in [0, 0.1) is 6.92 Å². The summed E-state index contributed by atoms with van der Waals surface area (Å²) in [5.41, 5.74) is 1.78. The zero-order valence-electron chi connectivity index (χ0n) is 15.3. The smallest absolute Gasteiger partial charge is 0.361 e. The molecule has 0 saturated carbocycles. The molecule has 152 valence electrons. The molecule has 0 bridgehead atoms. The fourth-order valence-electron chi connectivity index (χ4n) is 3.02. The predicted molar refractivity (Wildman–Crippen MR) is 105 cm³/mol. The molecule has 5 nitrogen and oxygen atoms in total. The third-order valence-electron chi connectivity index (χ3n) is 4.42. The number of nitrogens with one attached hydrogen (secondary N) is 3. The van der Waals surface area contributed by atoms with E-state index in [1.165, 1.54) is 0 Å². The predicted octanol–water partition coefficient (Wildman–Crippen LogP) is 4.45. The lowest BCUT2D eigenvalue weighted by Crippen LogP contribution is -2.36. The Bertz CT molecular complexity index is 1080. The summed E-state index contributed by atoms with van der Waals surface area (Å²) in [6.07, 6.45) is -2.27. The lowest BCUT2D eigenvalue weighted by molar-refractivity contribution is -0.137. The minimum Gasteiger partial charge on any atom is -0.361 e. The number of carbonyl (C=O) groups excluding carboxylic acids is 2. The Morgan fingerprint density at radius 2 is 1.90 bits per heavy atom. The van der Waals surface area contributed by atoms with E-state index in [0.717, 1.165) is 34.2 Å². The molecule has 3 rings (SSSR count). The number of H-pyrrole nitrogens is 1. The minimum atomic E-state index is -4.59. The maximum atomic E-state index is 12.8. The molecule has 9 heteroatoms. The molecule has 3 N–H and O–H groups in total. The third-order valence-corrected chi connectivity index (χ3v) is 4.75. The van der Waals surface area contributed by atoms with Gasteiger partial charge in [0.05, 0.1) is 16.3 Å². The van der Waals surface area contributed by atoms with Gasteiger partial charge in [0.1, 0.15) is 0 Å². The van der Waals surface area contributed by atoms with Gasteiger partial charge in [-0.2, -0.15) is 13.2 Å². The van der Waals surface area contributed by atoms with Crippen LogP contribution in [0.4, 0.5) is 18.9 Å². The zero-order chi connectivity index (χ0) is 21.2. The number of aromatic nitrogens is 1. The van der Waals surface area contributed by atoms with Gasteiger partial charge in [0.15, 0.2) is 0 Å². The van der Waals surface area contributed by atoms with E-state index in [2.05, 4.69) is 15.6 Å². The highest BCUT2D eigenvalue weighted by molar-refractivity contribution is 6.41. The maximum absolute atomic E-state index is 12.8. The fourth-order valence-corrected chi connectivity index (χ4v) is 3.18. The average molecular weight is 424 g/mol. The number of rotatable bonds is 4. The number of anilines is 1. The van der Waals surface area contributed by atoms with Crippen molar-refractivity contribution in [3.8, 4) is 0 Å². The van der Waals surface area contributed by atoms with Gasteiger partial charge < -0.3 is 15.6 Å². The Labute approximate surface area is 169 Å². The second-order valence-corrected chi connectivity index (χ2v) is 6.87. The minimum absolute atomic E-state index is 0.103. The van der Waals surface area contributed by atoms with Crippen LogP contribution in [0.5, 0.6) is 0 Å². The quantitative estimate of drug-likeness (QED) is 0.542. The van der Waals surface area contributed by atoms with Gasteiger partial charge >= 0.3 is 18.0 Å². The number of fused-ring (bicyclic) bond motifs is 1. The monoisotopic (exact) mass is 423 g/mol. The van der Waals surface area contributed by atoms with E-state index in [0.29, 0.717) is 12.5 Å². The number of aromatic amines is 1. The summed E-state index contributed by atoms with van der Waals surface area (Å²) in [5.74, 6) is -2.06. The highest BCUT2D eigenvalue weighted by Crippen LogP contribution is 2.33. The Morgan fingerprint density at radius 1 is 1.14 bits per heavy atom. The molecule has 1 aromatic heterocycles. The number of aryl methyl sites for hydroxylation is 1. The van der Waals surface area contributed by atoms with Crippen LogP contribution in [-0.2, 0) is 22.2 Å². The largest absolute Gasteiger partial charge is 0.416 e. The Balaban J connectivity index is 1.61. The van der Waals surface area contributed by atoms with Crippen LogP contribution in [0.2, 0.25) is 5.02 Å². The van der Waals surface area contributed by atoms with E-state index < -0.39 is 23.6 Å². The van der Waals surface area contributed by atoms with Gasteiger partial charge in [-0.05, 0) is 48.7 Å². The number of hydrogen-bond acceptors (Lipinski definition) is 2. The number of carbonyl (C=O) groups is 2. The molecular formula is C20H17ClF3N3O2. The van der Waals surface area contributed by atoms with Gasteiger partial charge in [-0.15, -0.1) is 0 Å². The van der Waals surface area contributed by atoms with Crippen molar-refractivity contribution < 1.29 is 22.8 Å². The van der Waals surface area contributed by atoms with Crippen molar-refractivity contribution in [1.82, 2.24) is 10.3 Å². The average Bonchev–Trinajstić information content (AvgIpc) is 3.07. The Kier molecular flexibility index (Phi) is 5.83. The summed E-state index contributed by atoms with van der Waals surface area (Å²) in [7, 11) is 0. The van der Waals surface area contributed by atoms with Crippen LogP contribution in [0.25, 0.3) is 10.9 Å². The highest BCUT2D eigenvalue weighted by Gasteiger charge is 2.31. The molecule has 0 unspecified atom stereocenters. The lowest BCUT2D eigenvalue weighted by atomic mass is 10.1. The summed E-state index contributed by atoms with van der Waals surface area (Å²) < 4.78 is 38.4. The lowest BCUT2D eigenvalue weighted by Gasteiger charge is -2.11. The van der Waals surface area contributed by atoms with E-state index in [-0.39, 0.29) is 17.3 Å². The van der Waals surface area contributed by atoms with Crippen molar-refractivity contribution >= 4 is 40.0 Å². The molecule has 0 aliphatic carbocycles. The van der Waals surface area contributed by atoms with E-state index in [9.17, 15) is 22.8 Å². The van der Waals surface area contributed by atoms with E-state index >= 15 is 0 Å². The first kappa shape index (κ1) is 20.7. The first-order chi connectivity index (χ1) is 13.7.